The number of aromatic nitrogens is 2. The molecule has 3 aromatic rings. The van der Waals surface area contributed by atoms with Gasteiger partial charge in [-0.1, -0.05) is 6.07 Å². The molecule has 1 aromatic heterocycles. The topological polar surface area (TPSA) is 64.2 Å². The average Bonchev–Trinajstić information content (AvgIpc) is 3.36. The van der Waals surface area contributed by atoms with E-state index >= 15 is 8.78 Å². The maximum Gasteiger partial charge on any atom is 0.212 e. The van der Waals surface area contributed by atoms with E-state index in [1.165, 1.54) is 25.8 Å². The second-order valence-corrected chi connectivity index (χ2v) is 9.56. The van der Waals surface area contributed by atoms with E-state index in [1.807, 2.05) is 0 Å². The number of methoxy groups -OCH3 is 1. The highest BCUT2D eigenvalue weighted by atomic mass is 32.2. The smallest absolute Gasteiger partial charge is 0.212 e. The normalized spacial score (nSPS) is 20.4. The molecule has 2 heterocycles. The van der Waals surface area contributed by atoms with Crippen molar-refractivity contribution < 1.29 is 30.7 Å². The fourth-order valence-corrected chi connectivity index (χ4v) is 5.45. The Morgan fingerprint density at radius 3 is 2.16 bits per heavy atom. The number of ether oxygens (including phenoxy) is 1. The summed E-state index contributed by atoms with van der Waals surface area (Å²) in [7, 11) is -1.15. The van der Waals surface area contributed by atoms with Gasteiger partial charge in [-0.05, 0) is 13.0 Å². The maximum atomic E-state index is 15.0. The van der Waals surface area contributed by atoms with Crippen molar-refractivity contribution in [1.29, 1.82) is 0 Å². The highest BCUT2D eigenvalue weighted by Crippen LogP contribution is 2.54. The van der Waals surface area contributed by atoms with E-state index in [0.717, 1.165) is 34.8 Å². The third-order valence-electron chi connectivity index (χ3n) is 5.59. The Morgan fingerprint density at radius 2 is 1.66 bits per heavy atom. The van der Waals surface area contributed by atoms with Crippen LogP contribution in [0.5, 0.6) is 5.75 Å². The van der Waals surface area contributed by atoms with E-state index in [-0.39, 0.29) is 34.8 Å². The zero-order chi connectivity index (χ0) is 23.6. The number of nitrogens with zero attached hydrogens (tertiary/aromatic N) is 3. The molecule has 2 atom stereocenters. The molecule has 1 aliphatic heterocycles. The van der Waals surface area contributed by atoms with E-state index in [0.29, 0.717) is 6.07 Å². The van der Waals surface area contributed by atoms with Crippen molar-refractivity contribution in [2.45, 2.75) is 12.5 Å². The second-order valence-electron chi connectivity index (χ2n) is 7.65. The average molecular weight is 469 g/mol. The molecular formula is C21H19F4N3O3S. The summed E-state index contributed by atoms with van der Waals surface area (Å²) in [4.78, 5) is 0. The van der Waals surface area contributed by atoms with Gasteiger partial charge in [-0.25, -0.2) is 26.0 Å². The van der Waals surface area contributed by atoms with Crippen molar-refractivity contribution in [2.75, 3.05) is 19.9 Å². The van der Waals surface area contributed by atoms with Crippen LogP contribution < -0.4 is 4.74 Å². The predicted molar refractivity (Wildman–Crippen MR) is 109 cm³/mol. The first-order chi connectivity index (χ1) is 14.9. The van der Waals surface area contributed by atoms with Crippen LogP contribution in [0, 0.1) is 30.2 Å². The Morgan fingerprint density at radius 1 is 1.03 bits per heavy atom. The zero-order valence-electron chi connectivity index (χ0n) is 17.6. The molecule has 0 saturated carbocycles. The van der Waals surface area contributed by atoms with Crippen LogP contribution in [0.2, 0.25) is 0 Å². The molecule has 32 heavy (non-hydrogen) atoms. The molecule has 2 unspecified atom stereocenters. The van der Waals surface area contributed by atoms with Crippen molar-refractivity contribution in [2.24, 2.45) is 7.05 Å². The molecule has 0 radical (unpaired) electrons. The monoisotopic (exact) mass is 469 g/mol. The summed E-state index contributed by atoms with van der Waals surface area (Å²) in [5.74, 6) is -3.80. The minimum absolute atomic E-state index is 0.0139. The van der Waals surface area contributed by atoms with Gasteiger partial charge in [0.15, 0.2) is 0 Å². The SMILES string of the molecule is COc1cc(F)c(-c2c(C)nn(C)c2C2(c3ccc(F)cc3F)CN2S(C)(=O)=O)c(F)c1. The summed E-state index contributed by atoms with van der Waals surface area (Å²) in [6.45, 7) is 1.30. The third kappa shape index (κ3) is 3.27. The van der Waals surface area contributed by atoms with Gasteiger partial charge in [-0.3, -0.25) is 4.68 Å². The molecule has 1 aliphatic rings. The lowest BCUT2D eigenvalue weighted by Crippen LogP contribution is -2.27. The maximum absolute atomic E-state index is 15.0. The minimum Gasteiger partial charge on any atom is -0.497 e. The van der Waals surface area contributed by atoms with Gasteiger partial charge in [0.2, 0.25) is 10.0 Å². The van der Waals surface area contributed by atoms with E-state index in [2.05, 4.69) is 5.10 Å². The van der Waals surface area contributed by atoms with E-state index in [1.54, 1.807) is 0 Å². The molecule has 6 nitrogen and oxygen atoms in total. The standard InChI is InChI=1S/C21H19F4N3O3S/c1-11-18(19-16(24)8-13(31-3)9-17(19)25)20(27(2)26-11)21(10-28(21)32(4,29)30)14-6-5-12(22)7-15(14)23/h5-9H,10H2,1-4H3. The quantitative estimate of drug-likeness (QED) is 0.424. The van der Waals surface area contributed by atoms with Crippen LogP contribution in [0.15, 0.2) is 30.3 Å². The van der Waals surface area contributed by atoms with Gasteiger partial charge >= 0.3 is 0 Å². The van der Waals surface area contributed by atoms with Crippen LogP contribution in [0.4, 0.5) is 17.6 Å². The van der Waals surface area contributed by atoms with Crippen LogP contribution in [0.25, 0.3) is 11.1 Å². The Labute approximate surface area is 182 Å². The zero-order valence-corrected chi connectivity index (χ0v) is 18.4. The highest BCUT2D eigenvalue weighted by molar-refractivity contribution is 7.88. The number of sulfonamides is 1. The Kier molecular flexibility index (Phi) is 5.09. The summed E-state index contributed by atoms with van der Waals surface area (Å²) in [5, 5.41) is 4.24. The van der Waals surface area contributed by atoms with E-state index in [4.69, 9.17) is 4.74 Å². The Bertz CT molecular complexity index is 1330. The summed E-state index contributed by atoms with van der Waals surface area (Å²) < 4.78 is 90.6. The Hall–Kier alpha value is -2.92. The Balaban J connectivity index is 2.07. The van der Waals surface area contributed by atoms with Gasteiger partial charge in [-0.2, -0.15) is 9.40 Å². The lowest BCUT2D eigenvalue weighted by Gasteiger charge is -2.21. The number of halogens is 4. The first-order valence-corrected chi connectivity index (χ1v) is 11.3. The first-order valence-electron chi connectivity index (χ1n) is 9.42. The van der Waals surface area contributed by atoms with Crippen LogP contribution in [0.3, 0.4) is 0 Å². The van der Waals surface area contributed by atoms with Crippen LogP contribution in [-0.4, -0.2) is 42.4 Å². The van der Waals surface area contributed by atoms with Gasteiger partial charge in [0.05, 0.1) is 30.3 Å². The molecule has 1 fully saturated rings. The number of hydrogen-bond donors (Lipinski definition) is 0. The molecule has 0 spiro atoms. The summed E-state index contributed by atoms with van der Waals surface area (Å²) in [6.07, 6.45) is 0.938. The fraction of sp³-hybridized carbons (Fsp3) is 0.286. The molecule has 170 valence electrons. The second kappa shape index (κ2) is 7.31. The summed E-state index contributed by atoms with van der Waals surface area (Å²) in [6, 6.07) is 4.73. The van der Waals surface area contributed by atoms with E-state index < -0.39 is 44.4 Å². The molecule has 2 aromatic carbocycles. The number of hydrogen-bond acceptors (Lipinski definition) is 4. The molecule has 4 rings (SSSR count). The van der Waals surface area contributed by atoms with Gasteiger partial charge in [0.1, 0.15) is 34.6 Å². The third-order valence-corrected chi connectivity index (χ3v) is 6.83. The first kappa shape index (κ1) is 22.3. The van der Waals surface area contributed by atoms with Gasteiger partial charge in [0.25, 0.3) is 0 Å². The fourth-order valence-electron chi connectivity index (χ4n) is 4.28. The highest BCUT2D eigenvalue weighted by Gasteiger charge is 2.63. The largest absolute Gasteiger partial charge is 0.497 e. The molecule has 0 bridgehead atoms. The summed E-state index contributed by atoms with van der Waals surface area (Å²) >= 11 is 0. The molecule has 0 N–H and O–H groups in total. The van der Waals surface area contributed by atoms with Crippen LogP contribution >= 0.6 is 0 Å². The van der Waals surface area contributed by atoms with Gasteiger partial charge < -0.3 is 4.74 Å². The van der Waals surface area contributed by atoms with Crippen molar-refractivity contribution in [1.82, 2.24) is 14.1 Å². The minimum atomic E-state index is -3.87. The van der Waals surface area contributed by atoms with Crippen molar-refractivity contribution in [3.05, 3.63) is 70.6 Å². The molecule has 0 aliphatic carbocycles. The number of rotatable bonds is 5. The van der Waals surface area contributed by atoms with Gasteiger partial charge in [0, 0.05) is 42.9 Å². The van der Waals surface area contributed by atoms with Crippen LogP contribution in [-0.2, 0) is 22.6 Å². The molecule has 0 amide bonds. The van der Waals surface area contributed by atoms with Crippen molar-refractivity contribution >= 4 is 10.0 Å². The molecular weight excluding hydrogens is 450 g/mol. The molecule has 1 saturated heterocycles. The van der Waals surface area contributed by atoms with Crippen molar-refractivity contribution in [3.8, 4) is 16.9 Å². The lowest BCUT2D eigenvalue weighted by atomic mass is 9.88. The molecule has 11 heteroatoms. The number of aryl methyl sites for hydroxylation is 2. The number of benzene rings is 2. The van der Waals surface area contributed by atoms with E-state index in [9.17, 15) is 17.2 Å². The van der Waals surface area contributed by atoms with Gasteiger partial charge in [-0.15, -0.1) is 0 Å². The van der Waals surface area contributed by atoms with Crippen LogP contribution in [0.1, 0.15) is 17.0 Å². The van der Waals surface area contributed by atoms with Crippen molar-refractivity contribution in [3.63, 3.8) is 0 Å². The summed E-state index contributed by atoms with van der Waals surface area (Å²) in [5.41, 5.74) is -2.01. The lowest BCUT2D eigenvalue weighted by molar-refractivity contribution is 0.407. The predicted octanol–water partition coefficient (Wildman–Crippen LogP) is 3.48.